The molecule has 1 aliphatic rings. The van der Waals surface area contributed by atoms with Gasteiger partial charge >= 0.3 is 12.1 Å². The molecule has 4 amide bonds. The predicted molar refractivity (Wildman–Crippen MR) is 176 cm³/mol. The Hall–Kier alpha value is -5.69. The van der Waals surface area contributed by atoms with Crippen molar-refractivity contribution in [3.05, 3.63) is 126 Å². The number of aromatic nitrogens is 1. The highest BCUT2D eigenvalue weighted by atomic mass is 16.6. The number of pyridine rings is 1. The molecule has 5 rings (SSSR count). The van der Waals surface area contributed by atoms with Crippen LogP contribution in [0.1, 0.15) is 49.1 Å². The molecule has 1 fully saturated rings. The molecule has 4 aromatic rings. The number of carbonyl (C=O) groups is 3. The van der Waals surface area contributed by atoms with Gasteiger partial charge in [-0.05, 0) is 73.7 Å². The highest BCUT2D eigenvalue weighted by Gasteiger charge is 2.51. The number of ether oxygens (including phenoxy) is 2. The number of hydrogen-bond donors (Lipinski definition) is 1. The minimum absolute atomic E-state index is 0.177. The molecule has 1 aromatic heterocycles. The van der Waals surface area contributed by atoms with Crippen molar-refractivity contribution in [2.75, 3.05) is 12.0 Å². The van der Waals surface area contributed by atoms with Crippen molar-refractivity contribution in [1.29, 1.82) is 5.26 Å². The van der Waals surface area contributed by atoms with Crippen LogP contribution in [0.4, 0.5) is 15.4 Å². The Labute approximate surface area is 274 Å². The minimum atomic E-state index is -0.965. The predicted octanol–water partition coefficient (Wildman–Crippen LogP) is 6.42. The van der Waals surface area contributed by atoms with Crippen LogP contribution in [0.25, 0.3) is 0 Å². The largest absolute Gasteiger partial charge is 0.497 e. The molecule has 2 atom stereocenters. The zero-order valence-corrected chi connectivity index (χ0v) is 26.8. The molecule has 0 aliphatic carbocycles. The summed E-state index contributed by atoms with van der Waals surface area (Å²) in [5.41, 5.74) is 2.46. The lowest BCUT2D eigenvalue weighted by Gasteiger charge is -2.42. The number of nitrogens with zero attached hydrogens (tertiary/aromatic N) is 4. The first-order chi connectivity index (χ1) is 22.6. The summed E-state index contributed by atoms with van der Waals surface area (Å²) in [6, 6.07) is 29.7. The normalized spacial score (nSPS) is 15.7. The van der Waals surface area contributed by atoms with Gasteiger partial charge in [0.1, 0.15) is 23.2 Å². The number of amides is 4. The molecule has 1 N–H and O–H groups in total. The Bertz CT molecular complexity index is 1710. The monoisotopic (exact) mass is 631 g/mol. The molecule has 240 valence electrons. The van der Waals surface area contributed by atoms with Gasteiger partial charge in [0, 0.05) is 6.20 Å². The van der Waals surface area contributed by atoms with Crippen molar-refractivity contribution in [3.8, 4) is 11.8 Å². The first kappa shape index (κ1) is 32.7. The number of hydrogen-bond acceptors (Lipinski definition) is 7. The molecular formula is C37H37N5O5. The second-order valence-electron chi connectivity index (χ2n) is 12.2. The average Bonchev–Trinajstić information content (AvgIpc) is 3.07. The van der Waals surface area contributed by atoms with Crippen LogP contribution in [-0.4, -0.2) is 46.7 Å². The van der Waals surface area contributed by atoms with Gasteiger partial charge in [-0.1, -0.05) is 72.8 Å². The molecule has 0 unspecified atom stereocenters. The highest BCUT2D eigenvalue weighted by Crippen LogP contribution is 2.32. The lowest BCUT2D eigenvalue weighted by Crippen LogP contribution is -2.65. The number of benzene rings is 3. The molecule has 1 saturated heterocycles. The van der Waals surface area contributed by atoms with Crippen LogP contribution < -0.4 is 15.0 Å². The zero-order valence-electron chi connectivity index (χ0n) is 26.8. The molecule has 0 spiro atoms. The Morgan fingerprint density at radius 3 is 2.13 bits per heavy atom. The van der Waals surface area contributed by atoms with Crippen molar-refractivity contribution >= 4 is 23.8 Å². The van der Waals surface area contributed by atoms with E-state index in [4.69, 9.17) is 9.47 Å². The van der Waals surface area contributed by atoms with Crippen LogP contribution in [0.2, 0.25) is 0 Å². The maximum atomic E-state index is 13.5. The van der Waals surface area contributed by atoms with Gasteiger partial charge in [0.05, 0.1) is 31.7 Å². The molecular weight excluding hydrogens is 594 g/mol. The van der Waals surface area contributed by atoms with Gasteiger partial charge in [-0.3, -0.25) is 9.69 Å². The first-order valence-electron chi connectivity index (χ1n) is 15.3. The molecule has 0 radical (unpaired) electrons. The zero-order chi connectivity index (χ0) is 33.6. The fourth-order valence-electron chi connectivity index (χ4n) is 5.42. The maximum Gasteiger partial charge on any atom is 0.416 e. The van der Waals surface area contributed by atoms with E-state index >= 15 is 0 Å². The topological polar surface area (TPSA) is 125 Å². The van der Waals surface area contributed by atoms with E-state index in [9.17, 15) is 19.6 Å². The van der Waals surface area contributed by atoms with Crippen LogP contribution in [0.5, 0.6) is 5.75 Å². The number of nitriles is 1. The number of β-lactam (4-membered cyclic amide) rings is 1. The fourth-order valence-corrected chi connectivity index (χ4v) is 5.42. The van der Waals surface area contributed by atoms with E-state index in [-0.39, 0.29) is 13.0 Å². The van der Waals surface area contributed by atoms with E-state index in [2.05, 4.69) is 16.4 Å². The van der Waals surface area contributed by atoms with Gasteiger partial charge in [0.25, 0.3) is 0 Å². The summed E-state index contributed by atoms with van der Waals surface area (Å²) in [6.45, 7) is 5.54. The maximum absolute atomic E-state index is 13.5. The molecule has 0 saturated carbocycles. The van der Waals surface area contributed by atoms with Gasteiger partial charge in [-0.25, -0.2) is 19.5 Å². The number of likely N-dealkylation sites (tertiary alicyclic amines) is 1. The summed E-state index contributed by atoms with van der Waals surface area (Å²) < 4.78 is 10.9. The van der Waals surface area contributed by atoms with E-state index in [0.717, 1.165) is 21.6 Å². The van der Waals surface area contributed by atoms with E-state index in [0.29, 0.717) is 17.1 Å². The molecule has 10 nitrogen and oxygen atoms in total. The fraction of sp³-hybridized carbons (Fsp3) is 0.270. The quantitative estimate of drug-likeness (QED) is 0.211. The Morgan fingerprint density at radius 2 is 1.57 bits per heavy atom. The summed E-state index contributed by atoms with van der Waals surface area (Å²) in [4.78, 5) is 47.1. The average molecular weight is 632 g/mol. The lowest BCUT2D eigenvalue weighted by molar-refractivity contribution is -0.146. The van der Waals surface area contributed by atoms with Gasteiger partial charge in [-0.15, -0.1) is 0 Å². The molecule has 10 heteroatoms. The Balaban J connectivity index is 1.33. The van der Waals surface area contributed by atoms with Gasteiger partial charge < -0.3 is 14.8 Å². The van der Waals surface area contributed by atoms with Crippen LogP contribution >= 0.6 is 0 Å². The van der Waals surface area contributed by atoms with Gasteiger partial charge in [0.2, 0.25) is 5.91 Å². The molecule has 0 bridgehead atoms. The summed E-state index contributed by atoms with van der Waals surface area (Å²) >= 11 is 0. The molecule has 1 aliphatic heterocycles. The van der Waals surface area contributed by atoms with Gasteiger partial charge in [-0.2, -0.15) is 5.26 Å². The van der Waals surface area contributed by atoms with E-state index in [1.54, 1.807) is 58.3 Å². The van der Waals surface area contributed by atoms with E-state index < -0.39 is 41.6 Å². The van der Waals surface area contributed by atoms with E-state index in [1.807, 2.05) is 72.8 Å². The van der Waals surface area contributed by atoms with Crippen LogP contribution in [0.15, 0.2) is 103 Å². The van der Waals surface area contributed by atoms with Crippen molar-refractivity contribution in [2.45, 2.75) is 51.4 Å². The second-order valence-corrected chi connectivity index (χ2v) is 12.2. The van der Waals surface area contributed by atoms with Crippen molar-refractivity contribution < 1.29 is 23.9 Å². The van der Waals surface area contributed by atoms with Crippen LogP contribution in [0, 0.1) is 17.2 Å². The number of imide groups is 1. The standard InChI is InChI=1S/C37H37N5O5/c1-37(2,3)47-36(45)41(24-25-15-17-29(46-4)18-16-25)32-22-26(19-20-39-32)21-30-31(23-38)42(34(30)43)35(44)40-33(27-11-7-5-8-12-27)28-13-9-6-10-14-28/h5-20,22,30-31,33H,21,24H2,1-4H3,(H,40,44)/t30-,31-/m1/s1. The summed E-state index contributed by atoms with van der Waals surface area (Å²) in [7, 11) is 1.58. The first-order valence-corrected chi connectivity index (χ1v) is 15.3. The third-order valence-electron chi connectivity index (χ3n) is 7.75. The summed E-state index contributed by atoms with van der Waals surface area (Å²) in [6.07, 6.45) is 1.15. The number of rotatable bonds is 9. The van der Waals surface area contributed by atoms with Crippen LogP contribution in [0.3, 0.4) is 0 Å². The number of nitrogens with one attached hydrogen (secondary N) is 1. The van der Waals surface area contributed by atoms with Gasteiger partial charge in [0.15, 0.2) is 0 Å². The summed E-state index contributed by atoms with van der Waals surface area (Å²) in [5.74, 6) is -0.178. The lowest BCUT2D eigenvalue weighted by atomic mass is 9.83. The summed E-state index contributed by atoms with van der Waals surface area (Å²) in [5, 5.41) is 13.0. The smallest absolute Gasteiger partial charge is 0.416 e. The third kappa shape index (κ3) is 7.76. The second kappa shape index (κ2) is 14.2. The third-order valence-corrected chi connectivity index (χ3v) is 7.75. The number of anilines is 1. The highest BCUT2D eigenvalue weighted by molar-refractivity contribution is 6.02. The number of methoxy groups -OCH3 is 1. The van der Waals surface area contributed by atoms with Crippen molar-refractivity contribution in [1.82, 2.24) is 15.2 Å². The molecule has 3 aromatic carbocycles. The SMILES string of the molecule is COc1ccc(CN(C(=O)OC(C)(C)C)c2cc(C[C@H]3C(=O)N(C(=O)NC(c4ccccc4)c4ccccc4)[C@@H]3C#N)ccn2)cc1. The molecule has 47 heavy (non-hydrogen) atoms. The number of urea groups is 1. The molecule has 2 heterocycles. The number of carbonyl (C=O) groups excluding carboxylic acids is 3. The Kier molecular flexibility index (Phi) is 9.85. The van der Waals surface area contributed by atoms with Crippen LogP contribution in [-0.2, 0) is 22.5 Å². The van der Waals surface area contributed by atoms with Crippen molar-refractivity contribution in [3.63, 3.8) is 0 Å². The minimum Gasteiger partial charge on any atom is -0.497 e. The van der Waals surface area contributed by atoms with E-state index in [1.165, 1.54) is 4.90 Å². The van der Waals surface area contributed by atoms with Crippen molar-refractivity contribution in [2.24, 2.45) is 5.92 Å². The Morgan fingerprint density at radius 1 is 0.957 bits per heavy atom.